The molecular weight excluding hydrogens is 386 g/mol. The number of carboxylic acids is 1. The smallest absolute Gasteiger partial charge is 0.354 e. The monoisotopic (exact) mass is 417 g/mol. The summed E-state index contributed by atoms with van der Waals surface area (Å²) in [5, 5.41) is 11.4. The molecule has 0 bridgehead atoms. The fraction of sp³-hybridized carbons (Fsp3) is 0.407. The van der Waals surface area contributed by atoms with Crippen molar-refractivity contribution in [2.45, 2.75) is 64.7 Å². The summed E-state index contributed by atoms with van der Waals surface area (Å²) in [6.07, 6.45) is 7.02. The van der Waals surface area contributed by atoms with Crippen molar-refractivity contribution in [3.63, 3.8) is 0 Å². The van der Waals surface area contributed by atoms with Crippen LogP contribution in [-0.4, -0.2) is 16.1 Å². The summed E-state index contributed by atoms with van der Waals surface area (Å²) in [6, 6.07) is 15.7. The van der Waals surface area contributed by atoms with Crippen LogP contribution in [0.15, 0.2) is 48.5 Å². The number of benzene rings is 2. The zero-order valence-corrected chi connectivity index (χ0v) is 18.6. The molecule has 1 aliphatic rings. The minimum Gasteiger partial charge on any atom is -0.477 e. The number of aryl methyl sites for hydroxylation is 1. The number of rotatable bonds is 6. The van der Waals surface area contributed by atoms with Crippen LogP contribution in [0.5, 0.6) is 11.5 Å². The Hall–Kier alpha value is -2.88. The van der Waals surface area contributed by atoms with E-state index < -0.39 is 5.97 Å². The predicted molar refractivity (Wildman–Crippen MR) is 124 cm³/mol. The van der Waals surface area contributed by atoms with E-state index in [1.54, 1.807) is 6.07 Å². The number of ether oxygens (including phenoxy) is 1. The third-order valence-electron chi connectivity index (χ3n) is 6.32. The van der Waals surface area contributed by atoms with E-state index in [0.29, 0.717) is 0 Å². The maximum absolute atomic E-state index is 11.6. The van der Waals surface area contributed by atoms with Gasteiger partial charge in [0.1, 0.15) is 17.2 Å². The summed E-state index contributed by atoms with van der Waals surface area (Å²) >= 11 is 0. The van der Waals surface area contributed by atoms with Gasteiger partial charge in [0.15, 0.2) is 0 Å². The van der Waals surface area contributed by atoms with Gasteiger partial charge >= 0.3 is 5.97 Å². The number of pyridine rings is 1. The number of aromatic nitrogens is 1. The number of fused-ring (bicyclic) bond motifs is 1. The molecule has 3 aromatic rings. The molecule has 1 N–H and O–H groups in total. The largest absolute Gasteiger partial charge is 0.477 e. The minimum absolute atomic E-state index is 0.100. The Morgan fingerprint density at radius 1 is 1.03 bits per heavy atom. The number of hydrogen-bond donors (Lipinski definition) is 1. The van der Waals surface area contributed by atoms with Gasteiger partial charge in [-0.3, -0.25) is 0 Å². The van der Waals surface area contributed by atoms with Crippen molar-refractivity contribution in [3.05, 3.63) is 65.5 Å². The molecule has 0 atom stereocenters. The SMILES string of the molecule is CC(C)(C)c1ccc(Oc2ccc3cc(C(=O)O)nc(CCC4CCCC4)c3c2)cc1. The maximum atomic E-state index is 11.6. The van der Waals surface area contributed by atoms with E-state index >= 15 is 0 Å². The van der Waals surface area contributed by atoms with Gasteiger partial charge < -0.3 is 9.84 Å². The maximum Gasteiger partial charge on any atom is 0.354 e. The minimum atomic E-state index is -0.983. The molecule has 2 aromatic carbocycles. The van der Waals surface area contributed by atoms with E-state index in [9.17, 15) is 9.90 Å². The summed E-state index contributed by atoms with van der Waals surface area (Å²) in [7, 11) is 0. The lowest BCUT2D eigenvalue weighted by molar-refractivity contribution is 0.0690. The van der Waals surface area contributed by atoms with Crippen molar-refractivity contribution in [1.29, 1.82) is 0 Å². The molecule has 0 spiro atoms. The number of aromatic carboxylic acids is 1. The Morgan fingerprint density at radius 3 is 2.35 bits per heavy atom. The Balaban J connectivity index is 1.62. The Bertz CT molecular complexity index is 1070. The van der Waals surface area contributed by atoms with Crippen molar-refractivity contribution >= 4 is 16.7 Å². The van der Waals surface area contributed by atoms with E-state index in [4.69, 9.17) is 4.74 Å². The molecule has 31 heavy (non-hydrogen) atoms. The molecule has 1 aromatic heterocycles. The fourth-order valence-corrected chi connectivity index (χ4v) is 4.46. The van der Waals surface area contributed by atoms with Crippen molar-refractivity contribution < 1.29 is 14.6 Å². The molecule has 4 rings (SSSR count). The van der Waals surface area contributed by atoms with Crippen molar-refractivity contribution in [1.82, 2.24) is 4.98 Å². The molecule has 0 saturated heterocycles. The predicted octanol–water partition coefficient (Wildman–Crippen LogP) is 7.15. The Labute approximate surface area is 184 Å². The molecule has 1 heterocycles. The van der Waals surface area contributed by atoms with Gasteiger partial charge in [0, 0.05) is 11.1 Å². The number of carboxylic acid groups (broad SMARTS) is 1. The zero-order valence-electron chi connectivity index (χ0n) is 18.6. The van der Waals surface area contributed by atoms with E-state index in [-0.39, 0.29) is 11.1 Å². The molecule has 162 valence electrons. The zero-order chi connectivity index (χ0) is 22.0. The van der Waals surface area contributed by atoms with Crippen LogP contribution in [0.1, 0.15) is 74.6 Å². The number of nitrogens with zero attached hydrogens (tertiary/aromatic N) is 1. The first-order valence-corrected chi connectivity index (χ1v) is 11.2. The average Bonchev–Trinajstić information content (AvgIpc) is 3.25. The molecule has 0 amide bonds. The van der Waals surface area contributed by atoms with Crippen molar-refractivity contribution in [2.75, 3.05) is 0 Å². The Morgan fingerprint density at radius 2 is 1.71 bits per heavy atom. The van der Waals surface area contributed by atoms with Gasteiger partial charge in [-0.2, -0.15) is 0 Å². The summed E-state index contributed by atoms with van der Waals surface area (Å²) in [4.78, 5) is 16.1. The molecule has 0 aliphatic heterocycles. The van der Waals surface area contributed by atoms with Crippen LogP contribution in [-0.2, 0) is 11.8 Å². The van der Waals surface area contributed by atoms with Gasteiger partial charge in [-0.25, -0.2) is 9.78 Å². The second-order valence-corrected chi connectivity index (χ2v) is 9.71. The van der Waals surface area contributed by atoms with Crippen LogP contribution in [0.25, 0.3) is 10.8 Å². The standard InChI is InChI=1S/C27H31NO3/c1-27(2,3)20-10-13-21(14-11-20)31-22-12-9-19-16-25(26(29)30)28-24(23(19)17-22)15-8-18-6-4-5-7-18/h9-14,16-18H,4-8,15H2,1-3H3,(H,29,30). The molecule has 4 heteroatoms. The second-order valence-electron chi connectivity index (χ2n) is 9.71. The lowest BCUT2D eigenvalue weighted by Crippen LogP contribution is -2.10. The molecule has 0 radical (unpaired) electrons. The quantitative estimate of drug-likeness (QED) is 0.463. The van der Waals surface area contributed by atoms with Gasteiger partial charge in [0.2, 0.25) is 0 Å². The van der Waals surface area contributed by atoms with Crippen LogP contribution in [0.3, 0.4) is 0 Å². The summed E-state index contributed by atoms with van der Waals surface area (Å²) in [6.45, 7) is 6.58. The first-order chi connectivity index (χ1) is 14.8. The molecule has 1 fully saturated rings. The molecule has 1 aliphatic carbocycles. The van der Waals surface area contributed by atoms with Gasteiger partial charge in [0.25, 0.3) is 0 Å². The third-order valence-corrected chi connectivity index (χ3v) is 6.32. The first kappa shape index (κ1) is 21.4. The van der Waals surface area contributed by atoms with Crippen LogP contribution in [0.4, 0.5) is 0 Å². The van der Waals surface area contributed by atoms with Gasteiger partial charge in [-0.1, -0.05) is 64.7 Å². The van der Waals surface area contributed by atoms with Gasteiger partial charge in [0.05, 0.1) is 0 Å². The van der Waals surface area contributed by atoms with Crippen molar-refractivity contribution in [3.8, 4) is 11.5 Å². The third kappa shape index (κ3) is 5.07. The van der Waals surface area contributed by atoms with E-state index in [0.717, 1.165) is 46.7 Å². The second kappa shape index (κ2) is 8.70. The Kier molecular flexibility index (Phi) is 5.99. The molecule has 1 saturated carbocycles. The van der Waals surface area contributed by atoms with Gasteiger partial charge in [-0.15, -0.1) is 0 Å². The highest BCUT2D eigenvalue weighted by molar-refractivity contribution is 5.94. The average molecular weight is 418 g/mol. The highest BCUT2D eigenvalue weighted by atomic mass is 16.5. The lowest BCUT2D eigenvalue weighted by atomic mass is 9.87. The summed E-state index contributed by atoms with van der Waals surface area (Å²) in [5.41, 5.74) is 2.33. The molecule has 4 nitrogen and oxygen atoms in total. The van der Waals surface area contributed by atoms with E-state index in [1.165, 1.54) is 31.2 Å². The highest BCUT2D eigenvalue weighted by Gasteiger charge is 2.18. The normalized spacial score (nSPS) is 14.8. The summed E-state index contributed by atoms with van der Waals surface area (Å²) in [5.74, 6) is 1.27. The van der Waals surface area contributed by atoms with Crippen LogP contribution in [0.2, 0.25) is 0 Å². The number of carbonyl (C=O) groups is 1. The first-order valence-electron chi connectivity index (χ1n) is 11.2. The van der Waals surface area contributed by atoms with Crippen LogP contribution >= 0.6 is 0 Å². The lowest BCUT2D eigenvalue weighted by Gasteiger charge is -2.19. The van der Waals surface area contributed by atoms with E-state index in [2.05, 4.69) is 37.9 Å². The van der Waals surface area contributed by atoms with E-state index in [1.807, 2.05) is 30.3 Å². The van der Waals surface area contributed by atoms with Crippen LogP contribution in [0, 0.1) is 5.92 Å². The summed E-state index contributed by atoms with van der Waals surface area (Å²) < 4.78 is 6.12. The fourth-order valence-electron chi connectivity index (χ4n) is 4.46. The van der Waals surface area contributed by atoms with Crippen molar-refractivity contribution in [2.24, 2.45) is 5.92 Å². The molecule has 0 unspecified atom stereocenters. The number of hydrogen-bond acceptors (Lipinski definition) is 3. The molecular formula is C27H31NO3. The van der Waals surface area contributed by atoms with Gasteiger partial charge in [-0.05, 0) is 65.5 Å². The highest BCUT2D eigenvalue weighted by Crippen LogP contribution is 2.32. The topological polar surface area (TPSA) is 59.4 Å². The van der Waals surface area contributed by atoms with Crippen LogP contribution < -0.4 is 4.74 Å².